The second-order valence-corrected chi connectivity index (χ2v) is 5.96. The Hall–Kier alpha value is -3.78. The lowest BCUT2D eigenvalue weighted by Crippen LogP contribution is -2.31. The number of fused-ring (bicyclic) bond motifs is 2. The van der Waals surface area contributed by atoms with Gasteiger partial charge in [-0.15, -0.1) is 0 Å². The minimum Gasteiger partial charge on any atom is -0.270 e. The third kappa shape index (κ3) is 2.64. The maximum Gasteiger partial charge on any atom is 0.261 e. The van der Waals surface area contributed by atoms with E-state index in [0.717, 1.165) is 16.5 Å². The van der Waals surface area contributed by atoms with Crippen molar-refractivity contribution < 1.29 is 9.59 Å². The number of aromatic nitrogens is 1. The summed E-state index contributed by atoms with van der Waals surface area (Å²) in [4.78, 5) is 31.0. The van der Waals surface area contributed by atoms with Gasteiger partial charge in [-0.2, -0.15) is 5.26 Å². The summed E-state index contributed by atoms with van der Waals surface area (Å²) in [6.45, 7) is 0.294. The molecule has 26 heavy (non-hydrogen) atoms. The molecule has 1 aromatic heterocycles. The van der Waals surface area contributed by atoms with E-state index in [1.807, 2.05) is 24.3 Å². The van der Waals surface area contributed by atoms with Gasteiger partial charge in [-0.1, -0.05) is 24.3 Å². The Labute approximate surface area is 149 Å². The van der Waals surface area contributed by atoms with E-state index in [2.05, 4.69) is 4.98 Å². The molecule has 0 unspecified atom stereocenters. The number of nitriles is 1. The average molecular weight is 339 g/mol. The van der Waals surface area contributed by atoms with E-state index in [-0.39, 0.29) is 11.8 Å². The smallest absolute Gasteiger partial charge is 0.261 e. The van der Waals surface area contributed by atoms with Gasteiger partial charge in [-0.3, -0.25) is 14.5 Å². The van der Waals surface area contributed by atoms with Crippen LogP contribution in [-0.4, -0.2) is 21.7 Å². The van der Waals surface area contributed by atoms with E-state index in [1.165, 1.54) is 11.0 Å². The Bertz CT molecular complexity index is 1130. The third-order valence-electron chi connectivity index (χ3n) is 4.35. The van der Waals surface area contributed by atoms with Gasteiger partial charge in [0.2, 0.25) is 0 Å². The van der Waals surface area contributed by atoms with Crippen molar-refractivity contribution in [2.75, 3.05) is 0 Å². The van der Waals surface area contributed by atoms with Crippen LogP contribution in [0.2, 0.25) is 0 Å². The summed E-state index contributed by atoms with van der Waals surface area (Å²) in [7, 11) is 0. The molecule has 5 nitrogen and oxygen atoms in total. The predicted octanol–water partition coefficient (Wildman–Crippen LogP) is 3.57. The van der Waals surface area contributed by atoms with Crippen LogP contribution in [0.5, 0.6) is 0 Å². The van der Waals surface area contributed by atoms with Gasteiger partial charge in [-0.05, 0) is 42.0 Å². The Balaban J connectivity index is 1.65. The molecule has 0 aliphatic carbocycles. The van der Waals surface area contributed by atoms with Crippen molar-refractivity contribution in [1.82, 2.24) is 9.88 Å². The van der Waals surface area contributed by atoms with Crippen LogP contribution in [0.15, 0.2) is 60.7 Å². The van der Waals surface area contributed by atoms with Gasteiger partial charge in [0.1, 0.15) is 0 Å². The quantitative estimate of drug-likeness (QED) is 0.528. The molecule has 2 aromatic carbocycles. The van der Waals surface area contributed by atoms with Gasteiger partial charge in [0.25, 0.3) is 11.8 Å². The highest BCUT2D eigenvalue weighted by Crippen LogP contribution is 2.25. The molecule has 124 valence electrons. The lowest BCUT2D eigenvalue weighted by molar-refractivity contribution is 0.0631. The van der Waals surface area contributed by atoms with Crippen LogP contribution in [0.4, 0.5) is 0 Å². The number of imide groups is 1. The Morgan fingerprint density at radius 1 is 1.15 bits per heavy atom. The standard InChI is InChI=1S/C21H13N3O2/c22-11-3-5-17-9-7-14-12-15(8-10-19(14)23-17)20(25)24-13-16-4-1-2-6-18(16)21(24)26/h1-10,12H,13H2. The monoisotopic (exact) mass is 339 g/mol. The van der Waals surface area contributed by atoms with Crippen LogP contribution in [0, 0.1) is 11.3 Å². The molecule has 4 rings (SSSR count). The second-order valence-electron chi connectivity index (χ2n) is 5.96. The summed E-state index contributed by atoms with van der Waals surface area (Å²) in [5.41, 5.74) is 3.28. The van der Waals surface area contributed by atoms with Gasteiger partial charge in [-0.25, -0.2) is 4.98 Å². The van der Waals surface area contributed by atoms with E-state index in [4.69, 9.17) is 5.26 Å². The highest BCUT2D eigenvalue weighted by atomic mass is 16.2. The van der Waals surface area contributed by atoms with Crippen molar-refractivity contribution in [1.29, 1.82) is 5.26 Å². The van der Waals surface area contributed by atoms with E-state index >= 15 is 0 Å². The summed E-state index contributed by atoms with van der Waals surface area (Å²) in [6, 6.07) is 18.0. The number of allylic oxidation sites excluding steroid dienone is 1. The zero-order valence-electron chi connectivity index (χ0n) is 13.7. The fraction of sp³-hybridized carbons (Fsp3) is 0.0476. The molecule has 0 spiro atoms. The second kappa shape index (κ2) is 6.26. The molecule has 0 radical (unpaired) electrons. The fourth-order valence-corrected chi connectivity index (χ4v) is 3.06. The number of carbonyl (C=O) groups excluding carboxylic acids is 2. The van der Waals surface area contributed by atoms with Crippen LogP contribution in [0.25, 0.3) is 17.0 Å². The van der Waals surface area contributed by atoms with Crippen molar-refractivity contribution in [3.8, 4) is 6.07 Å². The molecule has 0 saturated carbocycles. The summed E-state index contributed by atoms with van der Waals surface area (Å²) < 4.78 is 0. The minimum absolute atomic E-state index is 0.263. The van der Waals surface area contributed by atoms with Crippen molar-refractivity contribution >= 4 is 28.8 Å². The number of amides is 2. The zero-order chi connectivity index (χ0) is 18.1. The number of hydrogen-bond acceptors (Lipinski definition) is 4. The van der Waals surface area contributed by atoms with Gasteiger partial charge in [0.15, 0.2) is 0 Å². The minimum atomic E-state index is -0.318. The molecule has 0 saturated heterocycles. The first-order valence-corrected chi connectivity index (χ1v) is 8.08. The highest BCUT2D eigenvalue weighted by molar-refractivity contribution is 6.13. The zero-order valence-corrected chi connectivity index (χ0v) is 13.7. The number of carbonyl (C=O) groups is 2. The summed E-state index contributed by atoms with van der Waals surface area (Å²) in [6.07, 6.45) is 2.99. The lowest BCUT2D eigenvalue weighted by atomic mass is 10.1. The van der Waals surface area contributed by atoms with Crippen molar-refractivity contribution in [2.45, 2.75) is 6.54 Å². The van der Waals surface area contributed by atoms with Crippen molar-refractivity contribution in [3.63, 3.8) is 0 Å². The molecular weight excluding hydrogens is 326 g/mol. The summed E-state index contributed by atoms with van der Waals surface area (Å²) in [5, 5.41) is 9.39. The molecule has 0 fully saturated rings. The SMILES string of the molecule is N#CC=Cc1ccc2cc(C(=O)N3Cc4ccccc4C3=O)ccc2n1. The summed E-state index contributed by atoms with van der Waals surface area (Å²) in [5.74, 6) is -0.581. The molecule has 2 heterocycles. The first-order valence-electron chi connectivity index (χ1n) is 8.08. The molecule has 5 heteroatoms. The van der Waals surface area contributed by atoms with E-state index < -0.39 is 0 Å². The Kier molecular flexibility index (Phi) is 3.79. The van der Waals surface area contributed by atoms with E-state index in [1.54, 1.807) is 42.5 Å². The van der Waals surface area contributed by atoms with Crippen LogP contribution in [0.3, 0.4) is 0 Å². The van der Waals surface area contributed by atoms with Crippen LogP contribution in [0.1, 0.15) is 32.0 Å². The maximum atomic E-state index is 12.8. The number of rotatable bonds is 2. The topological polar surface area (TPSA) is 74.1 Å². The number of benzene rings is 2. The van der Waals surface area contributed by atoms with Crippen LogP contribution >= 0.6 is 0 Å². The first-order chi connectivity index (χ1) is 12.7. The molecule has 1 aliphatic heterocycles. The number of pyridine rings is 1. The van der Waals surface area contributed by atoms with Gasteiger partial charge in [0.05, 0.1) is 23.8 Å². The number of hydrogen-bond donors (Lipinski definition) is 0. The molecule has 0 bridgehead atoms. The summed E-state index contributed by atoms with van der Waals surface area (Å²) >= 11 is 0. The first kappa shape index (κ1) is 15.7. The van der Waals surface area contributed by atoms with Crippen molar-refractivity contribution in [3.05, 3.63) is 83.1 Å². The molecule has 0 N–H and O–H groups in total. The molecular formula is C21H13N3O2. The normalized spacial score (nSPS) is 13.2. The van der Waals surface area contributed by atoms with Crippen LogP contribution < -0.4 is 0 Å². The molecule has 1 aliphatic rings. The third-order valence-corrected chi connectivity index (χ3v) is 4.35. The molecule has 3 aromatic rings. The highest BCUT2D eigenvalue weighted by Gasteiger charge is 2.32. The van der Waals surface area contributed by atoms with Gasteiger partial charge < -0.3 is 0 Å². The van der Waals surface area contributed by atoms with Crippen LogP contribution in [-0.2, 0) is 6.54 Å². The predicted molar refractivity (Wildman–Crippen MR) is 97.0 cm³/mol. The van der Waals surface area contributed by atoms with Gasteiger partial charge >= 0.3 is 0 Å². The maximum absolute atomic E-state index is 12.8. The Morgan fingerprint density at radius 3 is 2.81 bits per heavy atom. The van der Waals surface area contributed by atoms with E-state index in [0.29, 0.717) is 23.4 Å². The lowest BCUT2D eigenvalue weighted by Gasteiger charge is -2.14. The van der Waals surface area contributed by atoms with E-state index in [9.17, 15) is 9.59 Å². The molecule has 2 amide bonds. The molecule has 0 atom stereocenters. The largest absolute Gasteiger partial charge is 0.270 e. The van der Waals surface area contributed by atoms with Gasteiger partial charge in [0, 0.05) is 22.6 Å². The Morgan fingerprint density at radius 2 is 2.00 bits per heavy atom. The average Bonchev–Trinajstić information content (AvgIpc) is 3.02. The fourth-order valence-electron chi connectivity index (χ4n) is 3.06. The van der Waals surface area contributed by atoms with Crippen molar-refractivity contribution in [2.24, 2.45) is 0 Å². The number of nitrogens with zero attached hydrogens (tertiary/aromatic N) is 3.